The maximum atomic E-state index is 11.7. The Labute approximate surface area is 152 Å². The molecule has 3 heterocycles. The van der Waals surface area contributed by atoms with Crippen LogP contribution in [0.15, 0.2) is 29.3 Å². The van der Waals surface area contributed by atoms with Crippen LogP contribution in [-0.2, 0) is 6.54 Å². The summed E-state index contributed by atoms with van der Waals surface area (Å²) in [5, 5.41) is 6.47. The van der Waals surface area contributed by atoms with E-state index in [0.717, 1.165) is 26.2 Å². The lowest BCUT2D eigenvalue weighted by molar-refractivity contribution is 0.220. The number of rotatable bonds is 4. The number of halogens is 1. The molecule has 1 fully saturated rings. The largest absolute Gasteiger partial charge is 0.364 e. The van der Waals surface area contributed by atoms with E-state index >= 15 is 0 Å². The van der Waals surface area contributed by atoms with E-state index in [1.165, 1.54) is 11.3 Å². The van der Waals surface area contributed by atoms with Crippen molar-refractivity contribution >= 4 is 17.3 Å². The summed E-state index contributed by atoms with van der Waals surface area (Å²) in [6.07, 6.45) is 3.50. The maximum Gasteiger partial charge on any atom is 0.285 e. The van der Waals surface area contributed by atoms with Gasteiger partial charge in [0.05, 0.1) is 11.9 Å². The van der Waals surface area contributed by atoms with E-state index in [1.807, 2.05) is 12.3 Å². The minimum Gasteiger partial charge on any atom is -0.364 e. The molecule has 3 rings (SSSR count). The van der Waals surface area contributed by atoms with Crippen LogP contribution in [0.25, 0.3) is 0 Å². The molecule has 1 aliphatic rings. The van der Waals surface area contributed by atoms with Gasteiger partial charge in [0.15, 0.2) is 0 Å². The zero-order valence-corrected chi connectivity index (χ0v) is 15.6. The standard InChI is InChI=1S/C18H24ClN5O/c1-12(2)17-14(5-4-6-20-17)11-23-7-8-24(13(3)10-23)15-9-21-22-18(25)16(15)19/h4-6,9,12-13H,7-8,10-11H2,1-3H3,(H,22,25)/t13-/m1/s1. The van der Waals surface area contributed by atoms with Gasteiger partial charge >= 0.3 is 0 Å². The van der Waals surface area contributed by atoms with E-state index in [-0.39, 0.29) is 16.6 Å². The van der Waals surface area contributed by atoms with E-state index < -0.39 is 0 Å². The summed E-state index contributed by atoms with van der Waals surface area (Å²) in [6, 6.07) is 4.41. The molecule has 0 aromatic carbocycles. The fourth-order valence-corrected chi connectivity index (χ4v) is 3.65. The number of nitrogens with one attached hydrogen (secondary N) is 1. The van der Waals surface area contributed by atoms with Crippen molar-refractivity contribution in [3.8, 4) is 0 Å². The van der Waals surface area contributed by atoms with Gasteiger partial charge in [0.1, 0.15) is 5.02 Å². The summed E-state index contributed by atoms with van der Waals surface area (Å²) >= 11 is 6.17. The predicted octanol–water partition coefficient (Wildman–Crippen LogP) is 2.65. The third kappa shape index (κ3) is 3.85. The van der Waals surface area contributed by atoms with Gasteiger partial charge in [-0.3, -0.25) is 14.7 Å². The number of hydrogen-bond acceptors (Lipinski definition) is 5. The van der Waals surface area contributed by atoms with Crippen LogP contribution in [0.4, 0.5) is 5.69 Å². The molecule has 2 aromatic heterocycles. The van der Waals surface area contributed by atoms with Gasteiger partial charge in [-0.15, -0.1) is 0 Å². The van der Waals surface area contributed by atoms with Crippen LogP contribution in [0, 0.1) is 0 Å². The van der Waals surface area contributed by atoms with Crippen molar-refractivity contribution in [2.45, 2.75) is 39.3 Å². The normalized spacial score (nSPS) is 18.8. The Morgan fingerprint density at radius 2 is 2.20 bits per heavy atom. The van der Waals surface area contributed by atoms with Gasteiger partial charge < -0.3 is 4.90 Å². The van der Waals surface area contributed by atoms with Crippen LogP contribution in [0.5, 0.6) is 0 Å². The molecule has 0 bridgehead atoms. The van der Waals surface area contributed by atoms with Gasteiger partial charge in [0.2, 0.25) is 0 Å². The minimum absolute atomic E-state index is 0.213. The van der Waals surface area contributed by atoms with Crippen molar-refractivity contribution in [1.82, 2.24) is 20.1 Å². The number of aromatic nitrogens is 3. The molecule has 0 saturated carbocycles. The van der Waals surface area contributed by atoms with Crippen LogP contribution in [0.2, 0.25) is 5.02 Å². The number of pyridine rings is 1. The van der Waals surface area contributed by atoms with Gasteiger partial charge in [-0.2, -0.15) is 5.10 Å². The van der Waals surface area contributed by atoms with Gasteiger partial charge in [-0.25, -0.2) is 5.10 Å². The van der Waals surface area contributed by atoms with Gasteiger partial charge in [0.25, 0.3) is 5.56 Å². The van der Waals surface area contributed by atoms with Crippen LogP contribution >= 0.6 is 11.6 Å². The average molecular weight is 362 g/mol. The molecule has 25 heavy (non-hydrogen) atoms. The summed E-state index contributed by atoms with van der Waals surface area (Å²) in [6.45, 7) is 10.00. The first-order valence-electron chi connectivity index (χ1n) is 8.63. The number of piperazine rings is 1. The summed E-state index contributed by atoms with van der Waals surface area (Å²) in [5.41, 5.74) is 2.82. The summed E-state index contributed by atoms with van der Waals surface area (Å²) < 4.78 is 0. The van der Waals surface area contributed by atoms with Crippen molar-refractivity contribution in [2.24, 2.45) is 0 Å². The molecule has 1 atom stereocenters. The van der Waals surface area contributed by atoms with E-state index in [4.69, 9.17) is 11.6 Å². The Kier molecular flexibility index (Phi) is 5.39. The van der Waals surface area contributed by atoms with Crippen LogP contribution in [0.1, 0.15) is 37.9 Å². The fraction of sp³-hybridized carbons (Fsp3) is 0.500. The van der Waals surface area contributed by atoms with Crippen LogP contribution in [-0.4, -0.2) is 45.8 Å². The lowest BCUT2D eigenvalue weighted by atomic mass is 10.0. The van der Waals surface area contributed by atoms with E-state index in [9.17, 15) is 4.79 Å². The van der Waals surface area contributed by atoms with Gasteiger partial charge in [-0.1, -0.05) is 31.5 Å². The van der Waals surface area contributed by atoms with Crippen molar-refractivity contribution in [2.75, 3.05) is 24.5 Å². The van der Waals surface area contributed by atoms with E-state index in [2.05, 4.69) is 51.8 Å². The third-order valence-electron chi connectivity index (χ3n) is 4.67. The molecule has 7 heteroatoms. The molecule has 1 saturated heterocycles. The molecular formula is C18H24ClN5O. The highest BCUT2D eigenvalue weighted by Gasteiger charge is 2.26. The molecule has 0 aliphatic carbocycles. The van der Waals surface area contributed by atoms with Gasteiger partial charge in [-0.05, 0) is 24.5 Å². The zero-order chi connectivity index (χ0) is 18.0. The number of hydrogen-bond donors (Lipinski definition) is 1. The first-order valence-corrected chi connectivity index (χ1v) is 9.01. The average Bonchev–Trinajstić information content (AvgIpc) is 2.58. The van der Waals surface area contributed by atoms with Crippen LogP contribution in [0.3, 0.4) is 0 Å². The quantitative estimate of drug-likeness (QED) is 0.906. The maximum absolute atomic E-state index is 11.7. The highest BCUT2D eigenvalue weighted by molar-refractivity contribution is 6.33. The van der Waals surface area contributed by atoms with Crippen molar-refractivity contribution in [3.05, 3.63) is 51.2 Å². The predicted molar refractivity (Wildman–Crippen MR) is 100 cm³/mol. The molecule has 0 spiro atoms. The molecule has 6 nitrogen and oxygen atoms in total. The Bertz CT molecular complexity index is 791. The van der Waals surface area contributed by atoms with Crippen LogP contribution < -0.4 is 10.5 Å². The van der Waals surface area contributed by atoms with E-state index in [1.54, 1.807) is 6.20 Å². The summed E-state index contributed by atoms with van der Waals surface area (Å²) in [7, 11) is 0. The Morgan fingerprint density at radius 1 is 1.40 bits per heavy atom. The number of aromatic amines is 1. The number of nitrogens with zero attached hydrogens (tertiary/aromatic N) is 4. The highest BCUT2D eigenvalue weighted by Crippen LogP contribution is 2.26. The molecule has 134 valence electrons. The minimum atomic E-state index is -0.342. The third-order valence-corrected chi connectivity index (χ3v) is 5.03. The SMILES string of the molecule is CC(C)c1ncccc1CN1CCN(c2cn[nH]c(=O)c2Cl)[C@H](C)C1. The number of anilines is 1. The Balaban J connectivity index is 1.72. The molecule has 1 aliphatic heterocycles. The van der Waals surface area contributed by atoms with E-state index in [0.29, 0.717) is 11.6 Å². The smallest absolute Gasteiger partial charge is 0.285 e. The monoisotopic (exact) mass is 361 g/mol. The topological polar surface area (TPSA) is 65.1 Å². The Morgan fingerprint density at radius 3 is 2.92 bits per heavy atom. The summed E-state index contributed by atoms with van der Waals surface area (Å²) in [4.78, 5) is 20.8. The lowest BCUT2D eigenvalue weighted by Gasteiger charge is -2.41. The molecular weight excluding hydrogens is 338 g/mol. The fourth-order valence-electron chi connectivity index (χ4n) is 3.45. The summed E-state index contributed by atoms with van der Waals surface area (Å²) in [5.74, 6) is 0.413. The van der Waals surface area contributed by atoms with Crippen molar-refractivity contribution in [3.63, 3.8) is 0 Å². The van der Waals surface area contributed by atoms with Crippen molar-refractivity contribution in [1.29, 1.82) is 0 Å². The van der Waals surface area contributed by atoms with Gasteiger partial charge in [0, 0.05) is 44.1 Å². The first-order chi connectivity index (χ1) is 12.0. The Hall–Kier alpha value is -1.92. The molecule has 0 unspecified atom stereocenters. The van der Waals surface area contributed by atoms with Crippen molar-refractivity contribution < 1.29 is 0 Å². The molecule has 2 aromatic rings. The molecule has 0 amide bonds. The number of H-pyrrole nitrogens is 1. The second kappa shape index (κ2) is 7.54. The second-order valence-corrected chi connectivity index (χ2v) is 7.26. The molecule has 0 radical (unpaired) electrons. The second-order valence-electron chi connectivity index (χ2n) is 6.88. The highest BCUT2D eigenvalue weighted by atomic mass is 35.5. The zero-order valence-electron chi connectivity index (χ0n) is 14.9. The lowest BCUT2D eigenvalue weighted by Crippen LogP contribution is -2.52. The molecule has 1 N–H and O–H groups in total. The first kappa shape index (κ1) is 17.9.